The second-order valence-corrected chi connectivity index (χ2v) is 7.31. The Morgan fingerprint density at radius 3 is 2.72 bits per heavy atom. The van der Waals surface area contributed by atoms with E-state index in [0.29, 0.717) is 11.7 Å². The molecule has 2 heterocycles. The highest BCUT2D eigenvalue weighted by Gasteiger charge is 2.39. The average molecular weight is 294 g/mol. The van der Waals surface area contributed by atoms with Crippen molar-refractivity contribution in [2.75, 3.05) is 25.2 Å². The van der Waals surface area contributed by atoms with Gasteiger partial charge in [0.05, 0.1) is 23.7 Å². The number of rotatable bonds is 2. The monoisotopic (exact) mass is 294 g/mol. The number of nitrogens with one attached hydrogen (secondary N) is 1. The minimum Gasteiger partial charge on any atom is -0.390 e. The molecule has 6 nitrogen and oxygen atoms in total. The van der Waals surface area contributed by atoms with Gasteiger partial charge < -0.3 is 20.1 Å². The third kappa shape index (κ3) is 3.11. The Hall–Kier alpha value is -0.440. The van der Waals surface area contributed by atoms with Crippen molar-refractivity contribution in [1.29, 1.82) is 0 Å². The zero-order valence-electron chi connectivity index (χ0n) is 10.2. The van der Waals surface area contributed by atoms with Crippen molar-refractivity contribution in [3.8, 4) is 0 Å². The molecule has 2 aliphatic rings. The van der Waals surface area contributed by atoms with Crippen LogP contribution in [0, 0.1) is 0 Å². The van der Waals surface area contributed by atoms with E-state index in [9.17, 15) is 13.5 Å². The first-order valence-electron chi connectivity index (χ1n) is 5.92. The van der Waals surface area contributed by atoms with E-state index in [-0.39, 0.29) is 17.7 Å². The molecule has 0 spiro atoms. The zero-order chi connectivity index (χ0) is 13.3. The molecule has 2 rings (SSSR count). The van der Waals surface area contributed by atoms with Gasteiger partial charge in [0.15, 0.2) is 14.9 Å². The highest BCUT2D eigenvalue weighted by atomic mass is 32.2. The molecule has 104 valence electrons. The predicted octanol–water partition coefficient (Wildman–Crippen LogP) is -0.913. The van der Waals surface area contributed by atoms with Crippen molar-refractivity contribution in [3.63, 3.8) is 0 Å². The maximum atomic E-state index is 11.4. The van der Waals surface area contributed by atoms with E-state index in [2.05, 4.69) is 5.32 Å². The van der Waals surface area contributed by atoms with Gasteiger partial charge in [-0.1, -0.05) is 0 Å². The van der Waals surface area contributed by atoms with Crippen LogP contribution in [0.4, 0.5) is 0 Å². The SMILES string of the molecule is CN(C(=S)NC1CCCO1)C1CS(=O)(=O)CC1O. The Morgan fingerprint density at radius 2 is 2.22 bits per heavy atom. The lowest BCUT2D eigenvalue weighted by atomic mass is 10.2. The molecule has 0 amide bonds. The van der Waals surface area contributed by atoms with Gasteiger partial charge in [-0.3, -0.25) is 0 Å². The number of nitrogens with zero attached hydrogens (tertiary/aromatic N) is 1. The van der Waals surface area contributed by atoms with Gasteiger partial charge in [0, 0.05) is 13.7 Å². The number of hydrogen-bond donors (Lipinski definition) is 2. The molecule has 2 fully saturated rings. The van der Waals surface area contributed by atoms with Crippen LogP contribution in [0.2, 0.25) is 0 Å². The Kier molecular flexibility index (Phi) is 4.10. The van der Waals surface area contributed by atoms with E-state index >= 15 is 0 Å². The minimum absolute atomic E-state index is 0.0575. The van der Waals surface area contributed by atoms with Gasteiger partial charge in [-0.05, 0) is 25.1 Å². The first kappa shape index (κ1) is 14.0. The maximum Gasteiger partial charge on any atom is 0.171 e. The van der Waals surface area contributed by atoms with Crippen LogP contribution < -0.4 is 5.32 Å². The van der Waals surface area contributed by atoms with E-state index < -0.39 is 22.0 Å². The minimum atomic E-state index is -3.16. The topological polar surface area (TPSA) is 78.9 Å². The van der Waals surface area contributed by atoms with Crippen molar-refractivity contribution in [1.82, 2.24) is 10.2 Å². The predicted molar refractivity (Wildman–Crippen MR) is 70.9 cm³/mol. The molecule has 3 atom stereocenters. The summed E-state index contributed by atoms with van der Waals surface area (Å²) in [6, 6.07) is -0.476. The lowest BCUT2D eigenvalue weighted by Gasteiger charge is -2.30. The molecular formula is C10H18N2O4S2. The van der Waals surface area contributed by atoms with Gasteiger partial charge >= 0.3 is 0 Å². The third-order valence-electron chi connectivity index (χ3n) is 3.33. The van der Waals surface area contributed by atoms with E-state index in [0.717, 1.165) is 12.8 Å². The summed E-state index contributed by atoms with van der Waals surface area (Å²) in [6.45, 7) is 0.713. The first-order chi connectivity index (χ1) is 8.39. The third-order valence-corrected chi connectivity index (χ3v) is 5.43. The Bertz CT molecular complexity index is 420. The van der Waals surface area contributed by atoms with Crippen molar-refractivity contribution >= 4 is 27.2 Å². The molecule has 2 aliphatic heterocycles. The fourth-order valence-electron chi connectivity index (χ4n) is 2.26. The molecule has 8 heteroatoms. The molecule has 0 aromatic heterocycles. The summed E-state index contributed by atoms with van der Waals surface area (Å²) in [7, 11) is -1.47. The molecular weight excluding hydrogens is 276 g/mol. The molecule has 3 unspecified atom stereocenters. The Balaban J connectivity index is 1.94. The second kappa shape index (κ2) is 5.28. The van der Waals surface area contributed by atoms with Crippen LogP contribution in [-0.4, -0.2) is 67.1 Å². The van der Waals surface area contributed by atoms with E-state index in [4.69, 9.17) is 17.0 Å². The first-order valence-corrected chi connectivity index (χ1v) is 8.15. The van der Waals surface area contributed by atoms with Gasteiger partial charge in [-0.15, -0.1) is 0 Å². The van der Waals surface area contributed by atoms with Gasteiger partial charge in [-0.25, -0.2) is 8.42 Å². The highest BCUT2D eigenvalue weighted by molar-refractivity contribution is 7.91. The van der Waals surface area contributed by atoms with Crippen LogP contribution in [0.5, 0.6) is 0 Å². The molecule has 0 bridgehead atoms. The van der Waals surface area contributed by atoms with Crippen LogP contribution in [-0.2, 0) is 14.6 Å². The van der Waals surface area contributed by atoms with E-state index in [1.165, 1.54) is 0 Å². The standard InChI is InChI=1S/C10H18N2O4S2/c1-12(7-5-18(14,15)6-8(7)13)10(17)11-9-3-2-4-16-9/h7-9,13H,2-6H2,1H3,(H,11,17). The zero-order valence-corrected chi connectivity index (χ0v) is 11.8. The van der Waals surface area contributed by atoms with E-state index in [1.54, 1.807) is 11.9 Å². The summed E-state index contributed by atoms with van der Waals surface area (Å²) < 4.78 is 28.3. The fourth-order valence-corrected chi connectivity index (χ4v) is 4.37. The number of thiocarbonyl (C=S) groups is 1. The normalized spacial score (nSPS) is 34.4. The molecule has 18 heavy (non-hydrogen) atoms. The van der Waals surface area contributed by atoms with Crippen LogP contribution >= 0.6 is 12.2 Å². The lowest BCUT2D eigenvalue weighted by Crippen LogP contribution is -2.50. The molecule has 0 aliphatic carbocycles. The smallest absolute Gasteiger partial charge is 0.171 e. The molecule has 0 aromatic rings. The molecule has 0 saturated carbocycles. The quantitative estimate of drug-likeness (QED) is 0.638. The molecule has 0 radical (unpaired) electrons. The Labute approximate surface area is 112 Å². The van der Waals surface area contributed by atoms with Crippen LogP contribution in [0.25, 0.3) is 0 Å². The van der Waals surface area contributed by atoms with Crippen LogP contribution in [0.15, 0.2) is 0 Å². The van der Waals surface area contributed by atoms with Crippen molar-refractivity contribution in [2.24, 2.45) is 0 Å². The number of likely N-dealkylation sites (N-methyl/N-ethyl adjacent to an activating group) is 1. The summed E-state index contributed by atoms with van der Waals surface area (Å²) in [4.78, 5) is 1.62. The highest BCUT2D eigenvalue weighted by Crippen LogP contribution is 2.18. The Morgan fingerprint density at radius 1 is 1.50 bits per heavy atom. The summed E-state index contributed by atoms with van der Waals surface area (Å²) in [6.07, 6.45) is 0.892. The number of sulfone groups is 1. The largest absolute Gasteiger partial charge is 0.390 e. The summed E-state index contributed by atoms with van der Waals surface area (Å²) in [5, 5.41) is 13.2. The summed E-state index contributed by atoms with van der Waals surface area (Å²) in [5.74, 6) is -0.247. The fraction of sp³-hybridized carbons (Fsp3) is 0.900. The molecule has 0 aromatic carbocycles. The van der Waals surface area contributed by atoms with Crippen molar-refractivity contribution in [2.45, 2.75) is 31.2 Å². The van der Waals surface area contributed by atoms with Gasteiger partial charge in [0.25, 0.3) is 0 Å². The summed E-state index contributed by atoms with van der Waals surface area (Å²) >= 11 is 5.21. The van der Waals surface area contributed by atoms with E-state index in [1.807, 2.05) is 0 Å². The molecule has 2 N–H and O–H groups in total. The molecule has 2 saturated heterocycles. The second-order valence-electron chi connectivity index (χ2n) is 4.77. The number of ether oxygens (including phenoxy) is 1. The van der Waals surface area contributed by atoms with Crippen LogP contribution in [0.1, 0.15) is 12.8 Å². The van der Waals surface area contributed by atoms with Gasteiger partial charge in [0.1, 0.15) is 6.23 Å². The maximum absolute atomic E-state index is 11.4. The van der Waals surface area contributed by atoms with Gasteiger partial charge in [-0.2, -0.15) is 0 Å². The number of hydrogen-bond acceptors (Lipinski definition) is 5. The van der Waals surface area contributed by atoms with Gasteiger partial charge in [0.2, 0.25) is 0 Å². The average Bonchev–Trinajstić information content (AvgIpc) is 2.85. The summed E-state index contributed by atoms with van der Waals surface area (Å²) in [5.41, 5.74) is 0. The number of aliphatic hydroxyl groups excluding tert-OH is 1. The number of aliphatic hydroxyl groups is 1. The van der Waals surface area contributed by atoms with Crippen LogP contribution in [0.3, 0.4) is 0 Å². The van der Waals surface area contributed by atoms with Crippen molar-refractivity contribution in [3.05, 3.63) is 0 Å². The van der Waals surface area contributed by atoms with Crippen molar-refractivity contribution < 1.29 is 18.3 Å². The lowest BCUT2D eigenvalue weighted by molar-refractivity contribution is 0.0925.